The van der Waals surface area contributed by atoms with Gasteiger partial charge in [-0.1, -0.05) is 12.8 Å². The normalized spacial score (nSPS) is 17.3. The van der Waals surface area contributed by atoms with Crippen LogP contribution in [0.15, 0.2) is 0 Å². The molecule has 0 saturated heterocycles. The first kappa shape index (κ1) is 11.8. The van der Waals surface area contributed by atoms with Gasteiger partial charge in [0.05, 0.1) is 0 Å². The lowest BCUT2D eigenvalue weighted by molar-refractivity contribution is -0.130. The predicted molar refractivity (Wildman–Crippen MR) is 59.5 cm³/mol. The third-order valence-electron chi connectivity index (χ3n) is 2.96. The highest BCUT2D eigenvalue weighted by atomic mass is 35.5. The number of halogens is 1. The average Bonchev–Trinajstić information content (AvgIpc) is 2.66. The summed E-state index contributed by atoms with van der Waals surface area (Å²) in [6, 6.07) is 0. The van der Waals surface area contributed by atoms with Gasteiger partial charge in [0.2, 0.25) is 5.91 Å². The van der Waals surface area contributed by atoms with Gasteiger partial charge < -0.3 is 4.90 Å². The maximum atomic E-state index is 11.6. The highest BCUT2D eigenvalue weighted by molar-refractivity contribution is 6.17. The van der Waals surface area contributed by atoms with Gasteiger partial charge in [-0.15, -0.1) is 11.6 Å². The maximum Gasteiger partial charge on any atom is 0.222 e. The van der Waals surface area contributed by atoms with Crippen LogP contribution in [0.3, 0.4) is 0 Å². The molecule has 0 atom stereocenters. The Labute approximate surface area is 91.6 Å². The first-order valence-electron chi connectivity index (χ1n) is 5.54. The van der Waals surface area contributed by atoms with E-state index in [0.29, 0.717) is 12.3 Å². The first-order valence-corrected chi connectivity index (χ1v) is 6.07. The maximum absolute atomic E-state index is 11.6. The van der Waals surface area contributed by atoms with Gasteiger partial charge in [-0.05, 0) is 25.2 Å². The molecule has 0 N–H and O–H groups in total. The van der Waals surface area contributed by atoms with Crippen molar-refractivity contribution in [2.45, 2.75) is 38.5 Å². The molecule has 1 rings (SSSR count). The van der Waals surface area contributed by atoms with Crippen LogP contribution in [0.2, 0.25) is 0 Å². The summed E-state index contributed by atoms with van der Waals surface area (Å²) in [7, 11) is 1.91. The van der Waals surface area contributed by atoms with Gasteiger partial charge in [-0.2, -0.15) is 0 Å². The number of alkyl halides is 1. The van der Waals surface area contributed by atoms with E-state index in [0.717, 1.165) is 18.9 Å². The zero-order valence-electron chi connectivity index (χ0n) is 8.97. The highest BCUT2D eigenvalue weighted by Crippen LogP contribution is 2.25. The Hall–Kier alpha value is -0.240. The molecule has 0 heterocycles. The fraction of sp³-hybridized carbons (Fsp3) is 0.909. The molecule has 1 aliphatic rings. The molecule has 1 amide bonds. The Morgan fingerprint density at radius 1 is 1.43 bits per heavy atom. The molecule has 82 valence electrons. The summed E-state index contributed by atoms with van der Waals surface area (Å²) in [6.07, 6.45) is 6.69. The minimum atomic E-state index is 0.248. The summed E-state index contributed by atoms with van der Waals surface area (Å²) in [5.41, 5.74) is 0. The molecule has 14 heavy (non-hydrogen) atoms. The molecule has 0 radical (unpaired) electrons. The van der Waals surface area contributed by atoms with Crippen molar-refractivity contribution in [3.63, 3.8) is 0 Å². The van der Waals surface area contributed by atoms with Crippen molar-refractivity contribution in [1.82, 2.24) is 4.90 Å². The highest BCUT2D eigenvalue weighted by Gasteiger charge is 2.18. The molecule has 1 saturated carbocycles. The van der Waals surface area contributed by atoms with Crippen molar-refractivity contribution < 1.29 is 4.79 Å². The van der Waals surface area contributed by atoms with Crippen molar-refractivity contribution >= 4 is 17.5 Å². The molecule has 0 aromatic heterocycles. The van der Waals surface area contributed by atoms with E-state index in [1.807, 2.05) is 11.9 Å². The molecule has 0 spiro atoms. The second-order valence-corrected chi connectivity index (χ2v) is 4.60. The summed E-state index contributed by atoms with van der Waals surface area (Å²) >= 11 is 5.55. The number of carbonyl (C=O) groups is 1. The van der Waals surface area contributed by atoms with E-state index in [4.69, 9.17) is 11.6 Å². The van der Waals surface area contributed by atoms with Crippen molar-refractivity contribution in [3.8, 4) is 0 Å². The minimum absolute atomic E-state index is 0.248. The fourth-order valence-electron chi connectivity index (χ4n) is 2.09. The van der Waals surface area contributed by atoms with Crippen LogP contribution in [-0.2, 0) is 4.79 Å². The third kappa shape index (κ3) is 3.87. The lowest BCUT2D eigenvalue weighted by Crippen LogP contribution is -2.30. The zero-order chi connectivity index (χ0) is 10.4. The number of hydrogen-bond donors (Lipinski definition) is 0. The van der Waals surface area contributed by atoms with Crippen LogP contribution in [0.1, 0.15) is 38.5 Å². The Morgan fingerprint density at radius 2 is 2.07 bits per heavy atom. The smallest absolute Gasteiger partial charge is 0.222 e. The van der Waals surface area contributed by atoms with Crippen molar-refractivity contribution in [3.05, 3.63) is 0 Å². The fourth-order valence-corrected chi connectivity index (χ4v) is 2.22. The van der Waals surface area contributed by atoms with Gasteiger partial charge in [-0.25, -0.2) is 0 Å². The van der Waals surface area contributed by atoms with E-state index in [2.05, 4.69) is 0 Å². The van der Waals surface area contributed by atoms with Crippen LogP contribution in [-0.4, -0.2) is 30.3 Å². The zero-order valence-corrected chi connectivity index (χ0v) is 9.72. The standard InChI is InChI=1S/C11H20ClNO/c1-13(11(14)7-4-8-12)9-10-5-2-3-6-10/h10H,2-9H2,1H3. The largest absolute Gasteiger partial charge is 0.345 e. The quantitative estimate of drug-likeness (QED) is 0.649. The number of amides is 1. The molecule has 0 aliphatic heterocycles. The van der Waals surface area contributed by atoms with Crippen LogP contribution in [0, 0.1) is 5.92 Å². The second-order valence-electron chi connectivity index (χ2n) is 4.22. The monoisotopic (exact) mass is 217 g/mol. The van der Waals surface area contributed by atoms with Crippen LogP contribution in [0.25, 0.3) is 0 Å². The van der Waals surface area contributed by atoms with Crippen molar-refractivity contribution in [2.24, 2.45) is 5.92 Å². The molecular formula is C11H20ClNO. The average molecular weight is 218 g/mol. The molecule has 1 fully saturated rings. The summed E-state index contributed by atoms with van der Waals surface area (Å²) in [5.74, 6) is 1.58. The third-order valence-corrected chi connectivity index (χ3v) is 3.22. The second kappa shape index (κ2) is 6.28. The number of rotatable bonds is 5. The summed E-state index contributed by atoms with van der Waals surface area (Å²) in [6.45, 7) is 0.946. The van der Waals surface area contributed by atoms with Crippen LogP contribution < -0.4 is 0 Å². The SMILES string of the molecule is CN(CC1CCCC1)C(=O)CCCCl. The molecule has 0 bridgehead atoms. The van der Waals surface area contributed by atoms with E-state index < -0.39 is 0 Å². The first-order chi connectivity index (χ1) is 6.74. The molecular weight excluding hydrogens is 198 g/mol. The van der Waals surface area contributed by atoms with Crippen LogP contribution in [0.4, 0.5) is 0 Å². The van der Waals surface area contributed by atoms with E-state index >= 15 is 0 Å². The minimum Gasteiger partial charge on any atom is -0.345 e. The molecule has 1 aliphatic carbocycles. The predicted octanol–water partition coefficient (Wildman–Crippen LogP) is 2.65. The van der Waals surface area contributed by atoms with Gasteiger partial charge >= 0.3 is 0 Å². The molecule has 0 aromatic carbocycles. The van der Waals surface area contributed by atoms with Crippen LogP contribution in [0.5, 0.6) is 0 Å². The lowest BCUT2D eigenvalue weighted by Gasteiger charge is -2.20. The van der Waals surface area contributed by atoms with Gasteiger partial charge in [0.15, 0.2) is 0 Å². The number of hydrogen-bond acceptors (Lipinski definition) is 1. The molecule has 2 nitrogen and oxygen atoms in total. The van der Waals surface area contributed by atoms with Gasteiger partial charge in [0.1, 0.15) is 0 Å². The van der Waals surface area contributed by atoms with Gasteiger partial charge in [-0.3, -0.25) is 4.79 Å². The summed E-state index contributed by atoms with van der Waals surface area (Å²) in [4.78, 5) is 13.4. The van der Waals surface area contributed by atoms with E-state index in [9.17, 15) is 4.79 Å². The Bertz CT molecular complexity index is 178. The molecule has 3 heteroatoms. The van der Waals surface area contributed by atoms with E-state index in [1.165, 1.54) is 25.7 Å². The molecule has 0 unspecified atom stereocenters. The van der Waals surface area contributed by atoms with Gasteiger partial charge in [0, 0.05) is 25.9 Å². The molecule has 0 aromatic rings. The summed E-state index contributed by atoms with van der Waals surface area (Å²) < 4.78 is 0. The van der Waals surface area contributed by atoms with E-state index in [-0.39, 0.29) is 5.91 Å². The Morgan fingerprint density at radius 3 is 2.64 bits per heavy atom. The van der Waals surface area contributed by atoms with Gasteiger partial charge in [0.25, 0.3) is 0 Å². The summed E-state index contributed by atoms with van der Waals surface area (Å²) in [5, 5.41) is 0. The van der Waals surface area contributed by atoms with E-state index in [1.54, 1.807) is 0 Å². The van der Waals surface area contributed by atoms with Crippen LogP contribution >= 0.6 is 11.6 Å². The lowest BCUT2D eigenvalue weighted by atomic mass is 10.1. The number of carbonyl (C=O) groups excluding carboxylic acids is 1. The number of nitrogens with zero attached hydrogens (tertiary/aromatic N) is 1. The van der Waals surface area contributed by atoms with Crippen molar-refractivity contribution in [2.75, 3.05) is 19.5 Å². The Kier molecular flexibility index (Phi) is 5.31. The van der Waals surface area contributed by atoms with Crippen molar-refractivity contribution in [1.29, 1.82) is 0 Å². The topological polar surface area (TPSA) is 20.3 Å². The Balaban J connectivity index is 2.18.